The van der Waals surface area contributed by atoms with E-state index in [1.807, 2.05) is 11.4 Å². The van der Waals surface area contributed by atoms with Crippen LogP contribution in [0.15, 0.2) is 39.0 Å². The van der Waals surface area contributed by atoms with Gasteiger partial charge in [0.2, 0.25) is 0 Å². The van der Waals surface area contributed by atoms with E-state index in [-0.39, 0.29) is 10.5 Å². The van der Waals surface area contributed by atoms with Crippen molar-refractivity contribution < 1.29 is 0 Å². The molecule has 0 atom stereocenters. The van der Waals surface area contributed by atoms with Crippen LogP contribution >= 0.6 is 39.5 Å². The molecular weight excluding hydrogens is 320 g/mol. The smallest absolute Gasteiger partial charge is 0.261 e. The molecule has 17 heavy (non-hydrogen) atoms. The average molecular weight is 329 g/mol. The summed E-state index contributed by atoms with van der Waals surface area (Å²) in [4.78, 5) is 13.2. The molecule has 2 rings (SSSR count). The Balaban J connectivity index is 2.37. The molecule has 0 aromatic carbocycles. The summed E-state index contributed by atoms with van der Waals surface area (Å²) < 4.78 is 2.63. The highest BCUT2D eigenvalue weighted by Crippen LogP contribution is 2.20. The van der Waals surface area contributed by atoms with Crippen molar-refractivity contribution in [3.63, 3.8) is 0 Å². The van der Waals surface area contributed by atoms with Crippen molar-refractivity contribution in [3.05, 3.63) is 55.0 Å². The van der Waals surface area contributed by atoms with Crippen molar-refractivity contribution in [2.45, 2.75) is 6.54 Å². The van der Waals surface area contributed by atoms with Crippen LogP contribution in [0.5, 0.6) is 0 Å². The third-order valence-corrected chi connectivity index (χ3v) is 4.14. The number of halogens is 1. The number of nitrogens with zero attached hydrogens (tertiary/aromatic N) is 1. The average Bonchev–Trinajstić information content (AvgIpc) is 2.67. The van der Waals surface area contributed by atoms with Crippen molar-refractivity contribution in [3.8, 4) is 0 Å². The molecule has 0 aliphatic rings. The van der Waals surface area contributed by atoms with E-state index < -0.39 is 0 Å². The highest BCUT2D eigenvalue weighted by Gasteiger charge is 2.06. The number of nitrogens with two attached hydrogens (primary N) is 1. The van der Waals surface area contributed by atoms with Gasteiger partial charge in [-0.1, -0.05) is 12.2 Å². The molecule has 0 radical (unpaired) electrons. The molecule has 0 fully saturated rings. The van der Waals surface area contributed by atoms with E-state index in [2.05, 4.69) is 15.9 Å². The Labute approximate surface area is 116 Å². The maximum Gasteiger partial charge on any atom is 0.261 e. The Bertz CT molecular complexity index is 618. The predicted molar refractivity (Wildman–Crippen MR) is 77.7 cm³/mol. The van der Waals surface area contributed by atoms with Gasteiger partial charge in [0.25, 0.3) is 5.56 Å². The van der Waals surface area contributed by atoms with Gasteiger partial charge in [-0.2, -0.15) is 0 Å². The summed E-state index contributed by atoms with van der Waals surface area (Å²) in [5.41, 5.74) is 5.73. The first-order chi connectivity index (χ1) is 8.08. The Morgan fingerprint density at radius 3 is 2.94 bits per heavy atom. The molecule has 2 aromatic heterocycles. The third-order valence-electron chi connectivity index (χ3n) is 2.23. The molecule has 3 nitrogen and oxygen atoms in total. The van der Waals surface area contributed by atoms with Gasteiger partial charge in [-0.3, -0.25) is 4.79 Å². The third kappa shape index (κ3) is 2.83. The predicted octanol–water partition coefficient (Wildman–Crippen LogP) is 2.35. The molecular formula is C11H9BrN2OS2. The molecule has 0 saturated heterocycles. The molecule has 0 bridgehead atoms. The van der Waals surface area contributed by atoms with Gasteiger partial charge in [-0.05, 0) is 34.1 Å². The summed E-state index contributed by atoms with van der Waals surface area (Å²) >= 11 is 9.82. The Hall–Kier alpha value is -0.980. The van der Waals surface area contributed by atoms with Gasteiger partial charge < -0.3 is 10.3 Å². The van der Waals surface area contributed by atoms with Gasteiger partial charge in [-0.25, -0.2) is 0 Å². The molecule has 0 spiro atoms. The lowest BCUT2D eigenvalue weighted by Gasteiger charge is -2.05. The number of aromatic nitrogens is 1. The number of rotatable bonds is 3. The molecule has 0 aliphatic carbocycles. The van der Waals surface area contributed by atoms with Crippen molar-refractivity contribution in [2.75, 3.05) is 0 Å². The highest BCUT2D eigenvalue weighted by molar-refractivity contribution is 9.10. The largest absolute Gasteiger partial charge is 0.389 e. The summed E-state index contributed by atoms with van der Waals surface area (Å²) in [6.45, 7) is 0.533. The Kier molecular flexibility index (Phi) is 3.76. The lowest BCUT2D eigenvalue weighted by Crippen LogP contribution is -2.28. The second-order valence-electron chi connectivity index (χ2n) is 3.45. The van der Waals surface area contributed by atoms with Crippen LogP contribution in [0.2, 0.25) is 0 Å². The Morgan fingerprint density at radius 2 is 2.35 bits per heavy atom. The van der Waals surface area contributed by atoms with Crippen LogP contribution in [-0.2, 0) is 6.54 Å². The molecule has 2 heterocycles. The fourth-order valence-corrected chi connectivity index (χ4v) is 3.06. The lowest BCUT2D eigenvalue weighted by molar-refractivity contribution is 0.768. The van der Waals surface area contributed by atoms with Crippen LogP contribution in [0.1, 0.15) is 10.4 Å². The number of hydrogen-bond acceptors (Lipinski definition) is 3. The van der Waals surface area contributed by atoms with Crippen LogP contribution in [-0.4, -0.2) is 9.56 Å². The minimum Gasteiger partial charge on any atom is -0.389 e. The van der Waals surface area contributed by atoms with E-state index in [9.17, 15) is 4.79 Å². The molecule has 2 N–H and O–H groups in total. The molecule has 88 valence electrons. The summed E-state index contributed by atoms with van der Waals surface area (Å²) in [5, 5.41) is 1.98. The number of thiophene rings is 1. The highest BCUT2D eigenvalue weighted by atomic mass is 79.9. The van der Waals surface area contributed by atoms with Gasteiger partial charge in [0, 0.05) is 20.9 Å². The normalized spacial score (nSPS) is 10.4. The van der Waals surface area contributed by atoms with E-state index in [0.717, 1.165) is 9.35 Å². The van der Waals surface area contributed by atoms with Crippen LogP contribution in [0.4, 0.5) is 0 Å². The van der Waals surface area contributed by atoms with E-state index in [4.69, 9.17) is 18.0 Å². The van der Waals surface area contributed by atoms with E-state index >= 15 is 0 Å². The van der Waals surface area contributed by atoms with Gasteiger partial charge in [0.15, 0.2) is 0 Å². The topological polar surface area (TPSA) is 48.0 Å². The zero-order valence-corrected chi connectivity index (χ0v) is 11.9. The molecule has 6 heteroatoms. The summed E-state index contributed by atoms with van der Waals surface area (Å²) in [5.74, 6) is 0. The standard InChI is InChI=1S/C11H9BrN2OS2/c12-7-4-8(17-6-7)5-14-3-1-2-9(10(13)16)11(14)15/h1-4,6H,5H2,(H2,13,16). The number of pyridine rings is 1. The second-order valence-corrected chi connectivity index (χ2v) is 5.80. The van der Waals surface area contributed by atoms with Gasteiger partial charge >= 0.3 is 0 Å². The second kappa shape index (κ2) is 5.12. The lowest BCUT2D eigenvalue weighted by atomic mass is 10.3. The van der Waals surface area contributed by atoms with Crippen LogP contribution in [0, 0.1) is 0 Å². The summed E-state index contributed by atoms with van der Waals surface area (Å²) in [6.07, 6.45) is 1.73. The first-order valence-corrected chi connectivity index (χ1v) is 6.88. The maximum atomic E-state index is 12.0. The molecule has 0 unspecified atom stereocenters. The SMILES string of the molecule is NC(=S)c1cccn(Cc2cc(Br)cs2)c1=O. The van der Waals surface area contributed by atoms with Crippen LogP contribution in [0.3, 0.4) is 0 Å². The monoisotopic (exact) mass is 328 g/mol. The van der Waals surface area contributed by atoms with Crippen LogP contribution < -0.4 is 11.3 Å². The van der Waals surface area contributed by atoms with E-state index in [1.165, 1.54) is 0 Å². The minimum absolute atomic E-state index is 0.136. The van der Waals surface area contributed by atoms with Crippen molar-refractivity contribution >= 4 is 44.5 Å². The van der Waals surface area contributed by atoms with Crippen LogP contribution in [0.25, 0.3) is 0 Å². The molecule has 2 aromatic rings. The molecule has 0 amide bonds. The van der Waals surface area contributed by atoms with Gasteiger partial charge in [0.1, 0.15) is 4.99 Å². The Morgan fingerprint density at radius 1 is 1.59 bits per heavy atom. The number of hydrogen-bond donors (Lipinski definition) is 1. The quantitative estimate of drug-likeness (QED) is 0.880. The van der Waals surface area contributed by atoms with Gasteiger partial charge in [0.05, 0.1) is 12.1 Å². The van der Waals surface area contributed by atoms with Crippen molar-refractivity contribution in [1.82, 2.24) is 4.57 Å². The fourth-order valence-electron chi connectivity index (χ4n) is 1.45. The van der Waals surface area contributed by atoms with Gasteiger partial charge in [-0.15, -0.1) is 11.3 Å². The van der Waals surface area contributed by atoms with Crippen molar-refractivity contribution in [1.29, 1.82) is 0 Å². The van der Waals surface area contributed by atoms with Crippen molar-refractivity contribution in [2.24, 2.45) is 5.73 Å². The van der Waals surface area contributed by atoms with E-state index in [1.54, 1.807) is 34.2 Å². The summed E-state index contributed by atoms with van der Waals surface area (Å²) in [7, 11) is 0. The zero-order valence-electron chi connectivity index (χ0n) is 8.72. The number of thiocarbonyl (C=S) groups is 1. The fraction of sp³-hybridized carbons (Fsp3) is 0.0909. The minimum atomic E-state index is -0.149. The molecule has 0 aliphatic heterocycles. The van der Waals surface area contributed by atoms with E-state index in [0.29, 0.717) is 12.1 Å². The summed E-state index contributed by atoms with van der Waals surface area (Å²) in [6, 6.07) is 5.41. The molecule has 0 saturated carbocycles. The maximum absolute atomic E-state index is 12.0. The first kappa shape index (κ1) is 12.5. The zero-order chi connectivity index (χ0) is 12.4. The first-order valence-electron chi connectivity index (χ1n) is 4.80.